The van der Waals surface area contributed by atoms with Crippen molar-refractivity contribution >= 4 is 17.3 Å². The number of rotatable bonds is 4. The third-order valence-electron chi connectivity index (χ3n) is 2.83. The summed E-state index contributed by atoms with van der Waals surface area (Å²) < 4.78 is 0. The van der Waals surface area contributed by atoms with Crippen LogP contribution in [0.4, 0.5) is 11.4 Å². The van der Waals surface area contributed by atoms with Gasteiger partial charge in [-0.2, -0.15) is 0 Å². The van der Waals surface area contributed by atoms with Gasteiger partial charge in [-0.1, -0.05) is 12.1 Å². The molecular formula is C14H16N4O. The lowest BCUT2D eigenvalue weighted by molar-refractivity contribution is 0.0995. The molecule has 5 N–H and O–H groups in total. The summed E-state index contributed by atoms with van der Waals surface area (Å²) in [7, 11) is 0. The number of hydrogen-bond donors (Lipinski definition) is 3. The number of nitrogen functional groups attached to an aromatic ring is 1. The predicted molar refractivity (Wildman–Crippen MR) is 75.6 cm³/mol. The van der Waals surface area contributed by atoms with Gasteiger partial charge < -0.3 is 16.8 Å². The number of nitrogens with two attached hydrogens (primary N) is 2. The summed E-state index contributed by atoms with van der Waals surface area (Å²) in [5.41, 5.74) is 13.7. The Morgan fingerprint density at radius 3 is 2.58 bits per heavy atom. The second-order valence-electron chi connectivity index (χ2n) is 4.33. The summed E-state index contributed by atoms with van der Waals surface area (Å²) >= 11 is 0. The fourth-order valence-corrected chi connectivity index (χ4v) is 1.77. The number of hydrogen-bond acceptors (Lipinski definition) is 4. The van der Waals surface area contributed by atoms with Gasteiger partial charge in [0, 0.05) is 23.6 Å². The van der Waals surface area contributed by atoms with E-state index in [0.29, 0.717) is 0 Å². The third kappa shape index (κ3) is 3.22. The minimum Gasteiger partial charge on any atom is -0.399 e. The van der Waals surface area contributed by atoms with Crippen LogP contribution in [0.3, 0.4) is 0 Å². The van der Waals surface area contributed by atoms with Crippen molar-refractivity contribution in [3.8, 4) is 0 Å². The Morgan fingerprint density at radius 2 is 1.95 bits per heavy atom. The molecule has 0 spiro atoms. The first-order valence-electron chi connectivity index (χ1n) is 5.94. The van der Waals surface area contributed by atoms with Gasteiger partial charge in [0.15, 0.2) is 0 Å². The van der Waals surface area contributed by atoms with Crippen molar-refractivity contribution in [2.75, 3.05) is 11.1 Å². The molecule has 0 saturated heterocycles. The highest BCUT2D eigenvalue weighted by Gasteiger charge is 2.07. The highest BCUT2D eigenvalue weighted by molar-refractivity contribution is 5.91. The Morgan fingerprint density at radius 1 is 1.26 bits per heavy atom. The molecule has 1 aromatic heterocycles. The Kier molecular flexibility index (Phi) is 3.66. The summed E-state index contributed by atoms with van der Waals surface area (Å²) in [6.07, 6.45) is 1.55. The zero-order chi connectivity index (χ0) is 13.8. The van der Waals surface area contributed by atoms with Crippen molar-refractivity contribution in [1.29, 1.82) is 0 Å². The van der Waals surface area contributed by atoms with Crippen LogP contribution in [0.5, 0.6) is 0 Å². The number of nitrogens with zero attached hydrogens (tertiary/aromatic N) is 1. The molecule has 1 unspecified atom stereocenters. The van der Waals surface area contributed by atoms with E-state index < -0.39 is 5.91 Å². The standard InChI is InChI=1S/C14H16N4O/c1-9(10-2-4-11(15)5-3-10)18-12-6-7-17-13(8-12)14(16)19/h2-9H,15H2,1H3,(H2,16,19)(H,17,18). The molecule has 1 aromatic carbocycles. The zero-order valence-corrected chi connectivity index (χ0v) is 10.6. The van der Waals surface area contributed by atoms with Gasteiger partial charge in [0.25, 0.3) is 5.91 Å². The Bertz CT molecular complexity index is 580. The van der Waals surface area contributed by atoms with E-state index in [4.69, 9.17) is 11.5 Å². The molecule has 5 nitrogen and oxygen atoms in total. The predicted octanol–water partition coefficient (Wildman–Crippen LogP) is 1.94. The molecule has 1 heterocycles. The first-order valence-corrected chi connectivity index (χ1v) is 5.94. The molecule has 0 fully saturated rings. The van der Waals surface area contributed by atoms with Crippen LogP contribution in [-0.2, 0) is 0 Å². The molecule has 0 aliphatic rings. The average Bonchev–Trinajstić information content (AvgIpc) is 2.39. The van der Waals surface area contributed by atoms with Crippen LogP contribution in [-0.4, -0.2) is 10.9 Å². The average molecular weight is 256 g/mol. The quantitative estimate of drug-likeness (QED) is 0.728. The molecule has 2 rings (SSSR count). The van der Waals surface area contributed by atoms with E-state index in [1.807, 2.05) is 31.2 Å². The van der Waals surface area contributed by atoms with Crippen LogP contribution in [0.25, 0.3) is 0 Å². The van der Waals surface area contributed by atoms with Crippen LogP contribution >= 0.6 is 0 Å². The molecule has 0 bridgehead atoms. The van der Waals surface area contributed by atoms with Gasteiger partial charge in [0.1, 0.15) is 5.69 Å². The molecule has 1 amide bonds. The van der Waals surface area contributed by atoms with Crippen LogP contribution in [0.15, 0.2) is 42.6 Å². The number of carbonyl (C=O) groups is 1. The van der Waals surface area contributed by atoms with Crippen LogP contribution in [0, 0.1) is 0 Å². The van der Waals surface area contributed by atoms with Gasteiger partial charge >= 0.3 is 0 Å². The SMILES string of the molecule is CC(Nc1ccnc(C(N)=O)c1)c1ccc(N)cc1. The number of carbonyl (C=O) groups excluding carboxylic acids is 1. The Balaban J connectivity index is 2.14. The lowest BCUT2D eigenvalue weighted by atomic mass is 10.1. The second-order valence-corrected chi connectivity index (χ2v) is 4.33. The van der Waals surface area contributed by atoms with Crippen molar-refractivity contribution in [2.24, 2.45) is 5.73 Å². The van der Waals surface area contributed by atoms with Gasteiger partial charge in [-0.25, -0.2) is 0 Å². The monoisotopic (exact) mass is 256 g/mol. The van der Waals surface area contributed by atoms with Gasteiger partial charge in [-0.3, -0.25) is 9.78 Å². The molecule has 1 atom stereocenters. The summed E-state index contributed by atoms with van der Waals surface area (Å²) in [6.45, 7) is 2.02. The molecule has 0 aliphatic carbocycles. The second kappa shape index (κ2) is 5.39. The molecule has 98 valence electrons. The summed E-state index contributed by atoms with van der Waals surface area (Å²) in [6, 6.07) is 11.1. The maximum Gasteiger partial charge on any atom is 0.267 e. The molecule has 0 radical (unpaired) electrons. The number of pyridine rings is 1. The fourth-order valence-electron chi connectivity index (χ4n) is 1.77. The van der Waals surface area contributed by atoms with E-state index >= 15 is 0 Å². The minimum atomic E-state index is -0.538. The Labute approximate surface area is 111 Å². The van der Waals surface area contributed by atoms with Crippen molar-refractivity contribution < 1.29 is 4.79 Å². The molecule has 0 saturated carbocycles. The molecule has 19 heavy (non-hydrogen) atoms. The highest BCUT2D eigenvalue weighted by atomic mass is 16.1. The number of benzene rings is 1. The van der Waals surface area contributed by atoms with E-state index in [9.17, 15) is 4.79 Å². The van der Waals surface area contributed by atoms with Crippen molar-refractivity contribution in [1.82, 2.24) is 4.98 Å². The number of nitrogens with one attached hydrogen (secondary N) is 1. The van der Waals surface area contributed by atoms with E-state index in [1.54, 1.807) is 18.3 Å². The summed E-state index contributed by atoms with van der Waals surface area (Å²) in [4.78, 5) is 15.0. The lowest BCUT2D eigenvalue weighted by Crippen LogP contribution is -2.14. The van der Waals surface area contributed by atoms with Gasteiger partial charge in [-0.05, 0) is 36.8 Å². The molecule has 2 aromatic rings. The van der Waals surface area contributed by atoms with Crippen molar-refractivity contribution in [3.63, 3.8) is 0 Å². The first kappa shape index (κ1) is 12.9. The highest BCUT2D eigenvalue weighted by Crippen LogP contribution is 2.20. The van der Waals surface area contributed by atoms with Crippen molar-refractivity contribution in [3.05, 3.63) is 53.9 Å². The third-order valence-corrected chi connectivity index (χ3v) is 2.83. The number of primary amides is 1. The summed E-state index contributed by atoms with van der Waals surface area (Å²) in [5.74, 6) is -0.538. The van der Waals surface area contributed by atoms with Gasteiger partial charge in [-0.15, -0.1) is 0 Å². The van der Waals surface area contributed by atoms with Crippen LogP contribution in [0.1, 0.15) is 29.0 Å². The summed E-state index contributed by atoms with van der Waals surface area (Å²) in [5, 5.41) is 3.28. The minimum absolute atomic E-state index is 0.0868. The largest absolute Gasteiger partial charge is 0.399 e. The molecule has 5 heteroatoms. The van der Waals surface area contributed by atoms with Gasteiger partial charge in [0.2, 0.25) is 0 Å². The Hall–Kier alpha value is -2.56. The van der Waals surface area contributed by atoms with E-state index in [2.05, 4.69) is 10.3 Å². The van der Waals surface area contributed by atoms with Gasteiger partial charge in [0.05, 0.1) is 0 Å². The smallest absolute Gasteiger partial charge is 0.267 e. The maximum atomic E-state index is 11.1. The van der Waals surface area contributed by atoms with Crippen LogP contribution in [0.2, 0.25) is 0 Å². The zero-order valence-electron chi connectivity index (χ0n) is 10.6. The number of amides is 1. The fraction of sp³-hybridized carbons (Fsp3) is 0.143. The van der Waals surface area contributed by atoms with Crippen LogP contribution < -0.4 is 16.8 Å². The maximum absolute atomic E-state index is 11.1. The first-order chi connectivity index (χ1) is 9.06. The van der Waals surface area contributed by atoms with Crippen molar-refractivity contribution in [2.45, 2.75) is 13.0 Å². The van der Waals surface area contributed by atoms with E-state index in [1.165, 1.54) is 0 Å². The molecule has 0 aliphatic heterocycles. The van der Waals surface area contributed by atoms with E-state index in [-0.39, 0.29) is 11.7 Å². The lowest BCUT2D eigenvalue weighted by Gasteiger charge is -2.16. The van der Waals surface area contributed by atoms with E-state index in [0.717, 1.165) is 16.9 Å². The molecular weight excluding hydrogens is 240 g/mol. The number of aromatic nitrogens is 1. The number of anilines is 2. The topological polar surface area (TPSA) is 94.0 Å². The normalized spacial score (nSPS) is 11.8.